The van der Waals surface area contributed by atoms with Gasteiger partial charge >= 0.3 is 19.8 Å². The predicted octanol–water partition coefficient (Wildman–Crippen LogP) is 28.7. The van der Waals surface area contributed by atoms with Gasteiger partial charge in [-0.05, 0) is 103 Å². The summed E-state index contributed by atoms with van der Waals surface area (Å²) in [6.07, 6.45) is 114. The molecule has 0 saturated carbocycles. The number of hydrogen-bond acceptors (Lipinski definition) is 7. The highest BCUT2D eigenvalue weighted by atomic mass is 31.2. The maximum Gasteiger partial charge on any atom is 0.472 e. The van der Waals surface area contributed by atoms with E-state index in [1.165, 1.54) is 283 Å². The quantitative estimate of drug-likeness (QED) is 0.0211. The van der Waals surface area contributed by atoms with Crippen molar-refractivity contribution in [2.24, 2.45) is 0 Å². The van der Waals surface area contributed by atoms with Crippen LogP contribution in [0.4, 0.5) is 0 Å². The van der Waals surface area contributed by atoms with Gasteiger partial charge in [-0.3, -0.25) is 18.6 Å². The number of ether oxygens (including phenoxy) is 2. The lowest BCUT2D eigenvalue weighted by Gasteiger charge is -2.24. The van der Waals surface area contributed by atoms with Gasteiger partial charge in [0.1, 0.15) is 19.8 Å². The highest BCUT2D eigenvalue weighted by molar-refractivity contribution is 7.47. The fourth-order valence-electron chi connectivity index (χ4n) is 12.3. The van der Waals surface area contributed by atoms with Crippen molar-refractivity contribution >= 4 is 19.8 Å². The minimum atomic E-state index is -4.40. The topological polar surface area (TPSA) is 108 Å². The molecule has 10 heteroatoms. The monoisotopic (exact) mass is 1420 g/mol. The number of unbranched alkanes of at least 4 members (excludes halogenated alkanes) is 47. The van der Waals surface area contributed by atoms with Crippen molar-refractivity contribution in [1.29, 1.82) is 0 Å². The fourth-order valence-corrected chi connectivity index (χ4v) is 13.1. The number of esters is 2. The van der Waals surface area contributed by atoms with Gasteiger partial charge in [0.25, 0.3) is 0 Å². The highest BCUT2D eigenvalue weighted by Gasteiger charge is 2.27. The minimum absolute atomic E-state index is 0.0314. The van der Waals surface area contributed by atoms with Crippen molar-refractivity contribution in [3.8, 4) is 0 Å². The van der Waals surface area contributed by atoms with Gasteiger partial charge in [-0.25, -0.2) is 4.57 Å². The van der Waals surface area contributed by atoms with Crippen molar-refractivity contribution in [1.82, 2.24) is 0 Å². The van der Waals surface area contributed by atoms with Crippen molar-refractivity contribution < 1.29 is 42.1 Å². The molecule has 0 aliphatic carbocycles. The smallest absolute Gasteiger partial charge is 0.462 e. The van der Waals surface area contributed by atoms with E-state index in [4.69, 9.17) is 18.5 Å². The number of quaternary nitrogens is 1. The third-order valence-electron chi connectivity index (χ3n) is 18.8. The van der Waals surface area contributed by atoms with E-state index < -0.39 is 26.5 Å². The molecule has 0 aromatic heterocycles. The summed E-state index contributed by atoms with van der Waals surface area (Å²) in [6, 6.07) is 0. The Morgan fingerprint density at radius 3 is 0.850 bits per heavy atom. The van der Waals surface area contributed by atoms with Crippen LogP contribution in [-0.4, -0.2) is 74.9 Å². The Hall–Kier alpha value is -3.33. The Morgan fingerprint density at radius 1 is 0.320 bits per heavy atom. The zero-order chi connectivity index (χ0) is 72.5. The SMILES string of the molecule is CC/C=C\C/C=C\C/C=C\C/C=C\C/C=C\C/C=C\CCCCCCCCCCCCCCCCCCCCC(=O)OC(COC(=O)CCCCCCCCCCCCCCCCCCCCCCCCCC/C=C\C/C=C\C/C=C\CCCCCCC)COP(=O)(O)OCC[N+](C)(C)C. The first-order valence-electron chi connectivity index (χ1n) is 42.6. The Balaban J connectivity index is 3.91. The van der Waals surface area contributed by atoms with Crippen LogP contribution < -0.4 is 0 Å². The first-order valence-corrected chi connectivity index (χ1v) is 44.1. The van der Waals surface area contributed by atoms with E-state index in [1.54, 1.807) is 0 Å². The summed E-state index contributed by atoms with van der Waals surface area (Å²) in [6.45, 7) is 4.36. The van der Waals surface area contributed by atoms with Crippen molar-refractivity contribution in [3.63, 3.8) is 0 Å². The predicted molar refractivity (Wildman–Crippen MR) is 436 cm³/mol. The standard InChI is InChI=1S/C90H162NO8P/c1-6-8-10-12-14-16-18-20-22-24-26-28-30-32-34-36-38-40-42-44-45-47-48-50-52-54-56-58-60-62-64-66-68-70-72-74-76-78-80-82-89(92)96-86-88(87-98-100(94,95)97-85-84-91(3,4)5)99-90(93)83-81-79-77-75-73-71-69-67-65-63-61-59-57-55-53-51-49-46-43-41-39-37-35-33-31-29-27-25-23-21-19-17-15-13-11-9-7-2/h9,11,15,17-18,20-21,23-24,26-27,29-30,32-33,35,39,41,88H,6-8,10,12-14,16,19,22,25,28,31,34,36-38,40,42-87H2,1-5H3/p+1/b11-9-,17-15-,20-18-,23-21-,26-24-,29-27-,32-30-,35-33-,41-39-. The van der Waals surface area contributed by atoms with Gasteiger partial charge in [-0.15, -0.1) is 0 Å². The molecule has 0 fully saturated rings. The maximum atomic E-state index is 12.9. The molecule has 580 valence electrons. The molecule has 1 N–H and O–H groups in total. The number of likely N-dealkylation sites (N-methyl/N-ethyl adjacent to an activating group) is 1. The average molecular weight is 1420 g/mol. The number of hydrogen-bond donors (Lipinski definition) is 1. The minimum Gasteiger partial charge on any atom is -0.462 e. The molecule has 0 aromatic carbocycles. The highest BCUT2D eigenvalue weighted by Crippen LogP contribution is 2.43. The number of carbonyl (C=O) groups is 2. The Kier molecular flexibility index (Phi) is 77.1. The van der Waals surface area contributed by atoms with Crippen molar-refractivity contribution in [2.45, 2.75) is 405 Å². The summed E-state index contributed by atoms with van der Waals surface area (Å²) in [5.41, 5.74) is 0. The molecule has 0 rings (SSSR count). The van der Waals surface area contributed by atoms with Crippen LogP contribution in [0.5, 0.6) is 0 Å². The molecular formula is C90H163NO8P+. The number of phosphoric acid groups is 1. The molecule has 2 unspecified atom stereocenters. The van der Waals surface area contributed by atoms with E-state index in [2.05, 4.69) is 123 Å². The molecule has 0 heterocycles. The van der Waals surface area contributed by atoms with E-state index in [1.807, 2.05) is 21.1 Å². The van der Waals surface area contributed by atoms with Crippen molar-refractivity contribution in [2.75, 3.05) is 47.5 Å². The molecule has 2 atom stereocenters. The second-order valence-corrected chi connectivity index (χ2v) is 31.3. The van der Waals surface area contributed by atoms with Gasteiger partial charge < -0.3 is 18.9 Å². The first kappa shape index (κ1) is 96.7. The Labute approximate surface area is 620 Å². The zero-order valence-corrected chi connectivity index (χ0v) is 67.3. The molecule has 0 amide bonds. The van der Waals surface area contributed by atoms with E-state index in [0.717, 1.165) is 83.5 Å². The fraction of sp³-hybridized carbons (Fsp3) is 0.778. The van der Waals surface area contributed by atoms with Crippen LogP contribution in [0, 0.1) is 0 Å². The van der Waals surface area contributed by atoms with Gasteiger partial charge in [0.2, 0.25) is 0 Å². The largest absolute Gasteiger partial charge is 0.472 e. The van der Waals surface area contributed by atoms with Gasteiger partial charge in [-0.2, -0.15) is 0 Å². The van der Waals surface area contributed by atoms with Crippen molar-refractivity contribution in [3.05, 3.63) is 109 Å². The molecule has 0 saturated heterocycles. The van der Waals surface area contributed by atoms with Gasteiger partial charge in [0.05, 0.1) is 27.7 Å². The van der Waals surface area contributed by atoms with Gasteiger partial charge in [-0.1, -0.05) is 393 Å². The maximum absolute atomic E-state index is 12.9. The van der Waals surface area contributed by atoms with E-state index in [0.29, 0.717) is 23.9 Å². The molecule has 100 heavy (non-hydrogen) atoms. The summed E-state index contributed by atoms with van der Waals surface area (Å²) in [4.78, 5) is 36.0. The van der Waals surface area contributed by atoms with Gasteiger partial charge in [0, 0.05) is 12.8 Å². The summed E-state index contributed by atoms with van der Waals surface area (Å²) >= 11 is 0. The second-order valence-electron chi connectivity index (χ2n) is 29.8. The Bertz CT molecular complexity index is 2060. The second kappa shape index (κ2) is 79.8. The van der Waals surface area contributed by atoms with Crippen LogP contribution in [0.25, 0.3) is 0 Å². The van der Waals surface area contributed by atoms with E-state index >= 15 is 0 Å². The van der Waals surface area contributed by atoms with Crippen LogP contribution in [0.2, 0.25) is 0 Å². The summed E-state index contributed by atoms with van der Waals surface area (Å²) in [5.74, 6) is -0.779. The average Bonchev–Trinajstić information content (AvgIpc) is 1.02. The molecule has 0 radical (unpaired) electrons. The summed E-state index contributed by atoms with van der Waals surface area (Å²) < 4.78 is 34.9. The molecule has 0 aromatic rings. The molecule has 0 aliphatic rings. The molecule has 0 spiro atoms. The number of phosphoric ester groups is 1. The first-order chi connectivity index (χ1) is 49.0. The number of nitrogens with zero attached hydrogens (tertiary/aromatic N) is 1. The molecular weight excluding hydrogens is 1250 g/mol. The normalized spacial score (nSPS) is 13.5. The third kappa shape index (κ3) is 83.6. The molecule has 0 bridgehead atoms. The lowest BCUT2D eigenvalue weighted by molar-refractivity contribution is -0.870. The lowest BCUT2D eigenvalue weighted by atomic mass is 10.0. The number of carbonyl (C=O) groups excluding carboxylic acids is 2. The van der Waals surface area contributed by atoms with E-state index in [9.17, 15) is 19.0 Å². The van der Waals surface area contributed by atoms with Crippen LogP contribution in [0.15, 0.2) is 109 Å². The number of allylic oxidation sites excluding steroid dienone is 18. The van der Waals surface area contributed by atoms with Gasteiger partial charge in [0.15, 0.2) is 6.10 Å². The zero-order valence-electron chi connectivity index (χ0n) is 66.4. The van der Waals surface area contributed by atoms with E-state index in [-0.39, 0.29) is 25.6 Å². The summed E-state index contributed by atoms with van der Waals surface area (Å²) in [7, 11) is 1.49. The molecule has 0 aliphatic heterocycles. The molecule has 9 nitrogen and oxygen atoms in total. The number of rotatable bonds is 79. The van der Waals surface area contributed by atoms with Crippen LogP contribution in [0.1, 0.15) is 399 Å². The summed E-state index contributed by atoms with van der Waals surface area (Å²) in [5, 5.41) is 0. The third-order valence-corrected chi connectivity index (χ3v) is 19.8. The van der Waals surface area contributed by atoms with Crippen LogP contribution >= 0.6 is 7.82 Å². The lowest BCUT2D eigenvalue weighted by Crippen LogP contribution is -2.37. The Morgan fingerprint density at radius 2 is 0.570 bits per heavy atom. The van der Waals surface area contributed by atoms with Crippen LogP contribution in [0.3, 0.4) is 0 Å². The van der Waals surface area contributed by atoms with Crippen LogP contribution in [-0.2, 0) is 32.7 Å².